The van der Waals surface area contributed by atoms with Gasteiger partial charge in [-0.15, -0.1) is 0 Å². The van der Waals surface area contributed by atoms with Gasteiger partial charge in [-0.25, -0.2) is 22.5 Å². The number of aliphatic carboxylic acids is 1. The van der Waals surface area contributed by atoms with Crippen LogP contribution >= 0.6 is 0 Å². The molecule has 0 saturated carbocycles. The minimum Gasteiger partial charge on any atom is -0.606 e. The summed E-state index contributed by atoms with van der Waals surface area (Å²) < 4.78 is 58.8. The Morgan fingerprint density at radius 3 is 2.71 bits per heavy atom. The molecular weight excluding hydrogens is 654 g/mol. The third-order valence-electron chi connectivity index (χ3n) is 9.21. The fraction of sp³-hybridized carbons (Fsp3) is 0.371. The molecule has 4 heterocycles. The highest BCUT2D eigenvalue weighted by atomic mass is 32.2. The number of aromatic amines is 1. The quantitative estimate of drug-likeness (QED) is 0.226. The highest BCUT2D eigenvalue weighted by Crippen LogP contribution is 2.39. The summed E-state index contributed by atoms with van der Waals surface area (Å²) in [5.74, 6) is -1.02. The van der Waals surface area contributed by atoms with Gasteiger partial charge < -0.3 is 14.6 Å². The van der Waals surface area contributed by atoms with E-state index in [1.807, 2.05) is 39.0 Å². The Labute approximate surface area is 281 Å². The minimum absolute atomic E-state index is 0.000934. The van der Waals surface area contributed by atoms with Crippen LogP contribution < -0.4 is 0 Å². The molecular formula is C35H38FN5O5S2. The molecule has 1 aliphatic rings. The molecule has 2 atom stereocenters. The number of hydrogen-bond donors (Lipinski definition) is 2. The van der Waals surface area contributed by atoms with Crippen molar-refractivity contribution in [3.63, 3.8) is 0 Å². The fourth-order valence-electron chi connectivity index (χ4n) is 6.78. The number of hydrogen-bond acceptors (Lipinski definition) is 7. The first-order valence-corrected chi connectivity index (χ1v) is 18.7. The van der Waals surface area contributed by atoms with E-state index < -0.39 is 43.6 Å². The van der Waals surface area contributed by atoms with Crippen LogP contribution in [0.1, 0.15) is 62.5 Å². The lowest BCUT2D eigenvalue weighted by Crippen LogP contribution is -2.29. The van der Waals surface area contributed by atoms with E-state index in [4.69, 9.17) is 10.1 Å². The Balaban J connectivity index is 1.52. The number of fused-ring (bicyclic) bond motifs is 8. The van der Waals surface area contributed by atoms with Gasteiger partial charge in [0.05, 0.1) is 23.3 Å². The molecule has 0 radical (unpaired) electrons. The standard InChI is InChI=1S/C35H38FN5O5S2/c1-34(2)12-6-13-35(3,23-8-5-7-22(17-23)18-30(42)43)33-39-32(41(4)40-33)29-19-24(9-14-38-29)47(44)31-26(11-16-48(45,46)21-34)25-10-15-37-28(25)20-27(31)36/h5,7-10,14-15,17,19-20,37H,6,11-13,16,18,21H2,1-4H3,(H,42,43)/t35-,47?/m1/s1. The molecule has 2 N–H and O–H groups in total. The molecule has 0 spiro atoms. The molecule has 6 rings (SSSR count). The molecule has 0 aliphatic carbocycles. The van der Waals surface area contributed by atoms with Crippen LogP contribution in [0.15, 0.2) is 70.7 Å². The van der Waals surface area contributed by atoms with Gasteiger partial charge in [0.2, 0.25) is 0 Å². The van der Waals surface area contributed by atoms with Crippen molar-refractivity contribution in [2.75, 3.05) is 11.5 Å². The SMILES string of the molecule is Cn1nc2nc1-c1cc(ccn1)[S+]([O-])c1c(F)cc3[nH]ccc3c1CCS(=O)(=O)CC(C)(C)CCC[C@]2(C)c1cccc(CC(=O)O)c1. The van der Waals surface area contributed by atoms with Gasteiger partial charge in [0.1, 0.15) is 5.69 Å². The molecule has 1 aliphatic heterocycles. The predicted molar refractivity (Wildman–Crippen MR) is 181 cm³/mol. The summed E-state index contributed by atoms with van der Waals surface area (Å²) in [5, 5.41) is 14.9. The number of nitrogens with zero attached hydrogens (tertiary/aromatic N) is 4. The van der Waals surface area contributed by atoms with Gasteiger partial charge in [-0.2, -0.15) is 5.10 Å². The van der Waals surface area contributed by atoms with E-state index in [1.54, 1.807) is 42.2 Å². The van der Waals surface area contributed by atoms with Crippen LogP contribution in [0.5, 0.6) is 0 Å². The second kappa shape index (κ2) is 12.8. The van der Waals surface area contributed by atoms with E-state index in [9.17, 15) is 22.9 Å². The summed E-state index contributed by atoms with van der Waals surface area (Å²) in [6.07, 6.45) is 4.79. The Morgan fingerprint density at radius 2 is 1.94 bits per heavy atom. The van der Waals surface area contributed by atoms with E-state index in [-0.39, 0.29) is 34.1 Å². The number of H-pyrrole nitrogens is 1. The molecule has 5 aromatic rings. The van der Waals surface area contributed by atoms with Crippen LogP contribution in [0, 0.1) is 11.2 Å². The molecule has 48 heavy (non-hydrogen) atoms. The van der Waals surface area contributed by atoms with Gasteiger partial charge in [0.25, 0.3) is 0 Å². The number of carboxylic acids is 1. The lowest BCUT2D eigenvalue weighted by molar-refractivity contribution is -0.136. The Morgan fingerprint density at radius 1 is 1.15 bits per heavy atom. The van der Waals surface area contributed by atoms with Gasteiger partial charge in [-0.05, 0) is 48.8 Å². The van der Waals surface area contributed by atoms with Crippen molar-refractivity contribution >= 4 is 37.9 Å². The summed E-state index contributed by atoms with van der Waals surface area (Å²) in [4.78, 5) is 24.2. The number of sulfone groups is 1. The molecule has 13 heteroatoms. The zero-order valence-corrected chi connectivity index (χ0v) is 28.9. The van der Waals surface area contributed by atoms with Crippen LogP contribution in [-0.2, 0) is 51.1 Å². The summed E-state index contributed by atoms with van der Waals surface area (Å²) in [6.45, 7) is 5.86. The smallest absolute Gasteiger partial charge is 0.307 e. The highest BCUT2D eigenvalue weighted by molar-refractivity contribution is 7.92. The van der Waals surface area contributed by atoms with Gasteiger partial charge in [0.15, 0.2) is 37.1 Å². The zero-order valence-electron chi connectivity index (χ0n) is 27.3. The Hall–Kier alpha value is -4.07. The average molecular weight is 692 g/mol. The van der Waals surface area contributed by atoms with E-state index in [0.717, 1.165) is 5.56 Å². The fourth-order valence-corrected chi connectivity index (χ4v) is 10.1. The van der Waals surface area contributed by atoms with Gasteiger partial charge in [-0.3, -0.25) is 9.78 Å². The number of pyridine rings is 1. The lowest BCUT2D eigenvalue weighted by Gasteiger charge is -2.30. The first-order chi connectivity index (χ1) is 22.7. The zero-order chi connectivity index (χ0) is 34.4. The number of benzene rings is 2. The Kier molecular flexibility index (Phi) is 8.98. The highest BCUT2D eigenvalue weighted by Gasteiger charge is 2.37. The van der Waals surface area contributed by atoms with Crippen molar-refractivity contribution in [3.05, 3.63) is 89.3 Å². The predicted octanol–water partition coefficient (Wildman–Crippen LogP) is 5.76. The lowest BCUT2D eigenvalue weighted by atomic mass is 9.75. The van der Waals surface area contributed by atoms with E-state index in [0.29, 0.717) is 58.6 Å². The van der Waals surface area contributed by atoms with Gasteiger partial charge in [0, 0.05) is 65.3 Å². The number of nitrogens with one attached hydrogen (secondary N) is 1. The number of halogens is 1. The van der Waals surface area contributed by atoms with Crippen molar-refractivity contribution in [1.29, 1.82) is 0 Å². The van der Waals surface area contributed by atoms with Crippen LogP contribution in [0.25, 0.3) is 22.4 Å². The number of aryl methyl sites for hydroxylation is 2. The molecule has 1 unspecified atom stereocenters. The van der Waals surface area contributed by atoms with Crippen molar-refractivity contribution in [1.82, 2.24) is 24.7 Å². The van der Waals surface area contributed by atoms with E-state index >= 15 is 4.39 Å². The van der Waals surface area contributed by atoms with Crippen molar-refractivity contribution in [3.8, 4) is 11.5 Å². The number of rotatable bonds is 3. The molecule has 10 nitrogen and oxygen atoms in total. The van der Waals surface area contributed by atoms with Crippen LogP contribution in [-0.4, -0.2) is 60.3 Å². The van der Waals surface area contributed by atoms with Gasteiger partial charge >= 0.3 is 5.97 Å². The first kappa shape index (κ1) is 33.8. The minimum atomic E-state index is -3.61. The topological polar surface area (TPSA) is 154 Å². The summed E-state index contributed by atoms with van der Waals surface area (Å²) in [6, 6.07) is 13.6. The number of carboxylic acid groups (broad SMARTS) is 1. The van der Waals surface area contributed by atoms with E-state index in [1.165, 1.54) is 12.3 Å². The summed E-state index contributed by atoms with van der Waals surface area (Å²) in [5.41, 5.74) is 1.41. The monoisotopic (exact) mass is 691 g/mol. The Bertz CT molecular complexity index is 2130. The normalized spacial score (nSPS) is 21.2. The van der Waals surface area contributed by atoms with Gasteiger partial charge in [-0.1, -0.05) is 44.5 Å². The number of carbonyl (C=O) groups is 1. The molecule has 0 fully saturated rings. The maximum absolute atomic E-state index is 15.8. The first-order valence-electron chi connectivity index (χ1n) is 15.8. The molecule has 0 amide bonds. The average Bonchev–Trinajstić information content (AvgIpc) is 3.65. The summed E-state index contributed by atoms with van der Waals surface area (Å²) >= 11 is -2.02. The molecule has 2 aromatic carbocycles. The van der Waals surface area contributed by atoms with Crippen molar-refractivity contribution in [2.45, 2.75) is 68.1 Å². The van der Waals surface area contributed by atoms with Crippen molar-refractivity contribution in [2.24, 2.45) is 12.5 Å². The molecule has 0 saturated heterocycles. The largest absolute Gasteiger partial charge is 0.606 e. The molecule has 252 valence electrons. The van der Waals surface area contributed by atoms with Crippen LogP contribution in [0.3, 0.4) is 0 Å². The molecule has 4 bridgehead atoms. The summed E-state index contributed by atoms with van der Waals surface area (Å²) in [7, 11) is -1.87. The third kappa shape index (κ3) is 6.76. The van der Waals surface area contributed by atoms with E-state index in [2.05, 4.69) is 9.97 Å². The second-order valence-electron chi connectivity index (χ2n) is 13.6. The maximum atomic E-state index is 15.8. The van der Waals surface area contributed by atoms with Crippen molar-refractivity contribution < 1.29 is 27.3 Å². The number of aromatic nitrogens is 5. The second-order valence-corrected chi connectivity index (χ2v) is 17.2. The van der Waals surface area contributed by atoms with Crippen LogP contribution in [0.4, 0.5) is 4.39 Å². The third-order valence-corrected chi connectivity index (χ3v) is 12.7. The molecule has 3 aromatic heterocycles. The maximum Gasteiger partial charge on any atom is 0.307 e. The van der Waals surface area contributed by atoms with Crippen LogP contribution in [0.2, 0.25) is 0 Å².